The van der Waals surface area contributed by atoms with Gasteiger partial charge in [0.2, 0.25) is 0 Å². The molecule has 1 aliphatic carbocycles. The maximum Gasteiger partial charge on any atom is 0.123 e. The predicted molar refractivity (Wildman–Crippen MR) is 65.3 cm³/mol. The number of rotatable bonds is 3. The molecule has 1 aliphatic rings. The molecule has 2 aromatic rings. The highest BCUT2D eigenvalue weighted by Gasteiger charge is 2.21. The van der Waals surface area contributed by atoms with Gasteiger partial charge >= 0.3 is 0 Å². The Bertz CT molecular complexity index is 602. The van der Waals surface area contributed by atoms with Crippen LogP contribution in [-0.2, 0) is 13.6 Å². The minimum atomic E-state index is 0.664. The molecule has 1 fully saturated rings. The van der Waals surface area contributed by atoms with Gasteiger partial charge in [-0.3, -0.25) is 0 Å². The fourth-order valence-corrected chi connectivity index (χ4v) is 2.00. The fraction of sp³-hybridized carbons (Fsp3) is 0.385. The van der Waals surface area contributed by atoms with Crippen LogP contribution in [0.4, 0.5) is 0 Å². The summed E-state index contributed by atoms with van der Waals surface area (Å²) >= 11 is 0. The number of aromatic nitrogens is 2. The minimum Gasteiger partial charge on any atom is -0.330 e. The summed E-state index contributed by atoms with van der Waals surface area (Å²) in [6, 6.07) is 8.47. The van der Waals surface area contributed by atoms with Crippen molar-refractivity contribution in [3.63, 3.8) is 0 Å². The number of nitrogens with zero attached hydrogens (tertiary/aromatic N) is 3. The normalized spacial score (nSPS) is 15.1. The van der Waals surface area contributed by atoms with Crippen LogP contribution < -0.4 is 5.32 Å². The van der Waals surface area contributed by atoms with E-state index >= 15 is 0 Å². The Hall–Kier alpha value is -1.86. The second-order valence-corrected chi connectivity index (χ2v) is 4.56. The number of nitrogens with one attached hydrogen (secondary N) is 1. The second kappa shape index (κ2) is 3.86. The van der Waals surface area contributed by atoms with Crippen LogP contribution in [0.3, 0.4) is 0 Å². The molecule has 4 heteroatoms. The Balaban J connectivity index is 1.95. The van der Waals surface area contributed by atoms with Crippen LogP contribution in [0.25, 0.3) is 11.0 Å². The Labute approximate surface area is 99.9 Å². The van der Waals surface area contributed by atoms with Gasteiger partial charge in [-0.05, 0) is 31.0 Å². The fourth-order valence-electron chi connectivity index (χ4n) is 2.00. The standard InChI is InChI=1S/C13H14N4/c1-17-12-5-2-9(7-14)6-11(12)16-13(17)8-15-10-3-4-10/h2,5-6,10,15H,3-4,8H2,1H3. The molecule has 0 unspecified atom stereocenters. The summed E-state index contributed by atoms with van der Waals surface area (Å²) in [6.45, 7) is 0.803. The maximum absolute atomic E-state index is 8.86. The smallest absolute Gasteiger partial charge is 0.123 e. The van der Waals surface area contributed by atoms with E-state index in [1.165, 1.54) is 12.8 Å². The van der Waals surface area contributed by atoms with Crippen molar-refractivity contribution in [1.29, 1.82) is 5.26 Å². The van der Waals surface area contributed by atoms with Gasteiger partial charge in [0.1, 0.15) is 5.82 Å². The third kappa shape index (κ3) is 1.90. The van der Waals surface area contributed by atoms with Crippen LogP contribution in [-0.4, -0.2) is 15.6 Å². The molecule has 0 aliphatic heterocycles. The van der Waals surface area contributed by atoms with Crippen LogP contribution in [0, 0.1) is 11.3 Å². The van der Waals surface area contributed by atoms with Gasteiger partial charge in [0, 0.05) is 13.1 Å². The number of imidazole rings is 1. The maximum atomic E-state index is 8.86. The Morgan fingerprint density at radius 1 is 1.53 bits per heavy atom. The van der Waals surface area contributed by atoms with Gasteiger partial charge in [0.15, 0.2) is 0 Å². The Morgan fingerprint density at radius 3 is 3.06 bits per heavy atom. The lowest BCUT2D eigenvalue weighted by molar-refractivity contribution is 0.639. The van der Waals surface area contributed by atoms with Crippen molar-refractivity contribution in [2.75, 3.05) is 0 Å². The van der Waals surface area contributed by atoms with Crippen molar-refractivity contribution in [2.24, 2.45) is 7.05 Å². The molecule has 86 valence electrons. The molecule has 1 saturated carbocycles. The van der Waals surface area contributed by atoms with Gasteiger partial charge in [0.05, 0.1) is 29.2 Å². The zero-order valence-electron chi connectivity index (χ0n) is 9.77. The molecular weight excluding hydrogens is 212 g/mol. The number of fused-ring (bicyclic) bond motifs is 1. The molecule has 0 radical (unpaired) electrons. The Kier molecular flexibility index (Phi) is 2.34. The quantitative estimate of drug-likeness (QED) is 0.866. The van der Waals surface area contributed by atoms with E-state index in [1.807, 2.05) is 25.2 Å². The first-order chi connectivity index (χ1) is 8.28. The van der Waals surface area contributed by atoms with Gasteiger partial charge in [-0.25, -0.2) is 4.98 Å². The van der Waals surface area contributed by atoms with Gasteiger partial charge in [0.25, 0.3) is 0 Å². The van der Waals surface area contributed by atoms with Crippen molar-refractivity contribution >= 4 is 11.0 Å². The molecular formula is C13H14N4. The van der Waals surface area contributed by atoms with Crippen molar-refractivity contribution in [3.05, 3.63) is 29.6 Å². The summed E-state index contributed by atoms with van der Waals surface area (Å²) in [5.41, 5.74) is 2.65. The first kappa shape index (κ1) is 10.3. The highest BCUT2D eigenvalue weighted by Crippen LogP contribution is 2.20. The van der Waals surface area contributed by atoms with E-state index in [1.54, 1.807) is 0 Å². The molecule has 1 aromatic heterocycles. The summed E-state index contributed by atoms with van der Waals surface area (Å²) in [5.74, 6) is 1.03. The van der Waals surface area contributed by atoms with Crippen molar-refractivity contribution < 1.29 is 0 Å². The number of aryl methyl sites for hydroxylation is 1. The molecule has 1 N–H and O–H groups in total. The van der Waals surface area contributed by atoms with E-state index in [0.29, 0.717) is 11.6 Å². The molecule has 0 saturated heterocycles. The van der Waals surface area contributed by atoms with Crippen LogP contribution in [0.1, 0.15) is 24.2 Å². The van der Waals surface area contributed by atoms with E-state index in [9.17, 15) is 0 Å². The summed E-state index contributed by atoms with van der Waals surface area (Å²) in [6.07, 6.45) is 2.56. The molecule has 3 rings (SSSR count). The van der Waals surface area contributed by atoms with Gasteiger partial charge < -0.3 is 9.88 Å². The third-order valence-electron chi connectivity index (χ3n) is 3.23. The second-order valence-electron chi connectivity index (χ2n) is 4.56. The van der Waals surface area contributed by atoms with E-state index in [-0.39, 0.29) is 0 Å². The number of nitriles is 1. The summed E-state index contributed by atoms with van der Waals surface area (Å²) in [5, 5.41) is 12.3. The summed E-state index contributed by atoms with van der Waals surface area (Å²) in [7, 11) is 2.02. The highest BCUT2D eigenvalue weighted by molar-refractivity contribution is 5.77. The van der Waals surface area contributed by atoms with Crippen molar-refractivity contribution in [1.82, 2.24) is 14.9 Å². The lowest BCUT2D eigenvalue weighted by atomic mass is 10.2. The monoisotopic (exact) mass is 226 g/mol. The van der Waals surface area contributed by atoms with E-state index < -0.39 is 0 Å². The predicted octanol–water partition coefficient (Wildman–Crippen LogP) is 1.70. The van der Waals surface area contributed by atoms with E-state index in [0.717, 1.165) is 23.4 Å². The largest absolute Gasteiger partial charge is 0.330 e. The molecule has 4 nitrogen and oxygen atoms in total. The molecule has 0 spiro atoms. The number of hydrogen-bond donors (Lipinski definition) is 1. The molecule has 0 amide bonds. The third-order valence-corrected chi connectivity index (χ3v) is 3.23. The minimum absolute atomic E-state index is 0.664. The average Bonchev–Trinajstić information content (AvgIpc) is 3.12. The molecule has 17 heavy (non-hydrogen) atoms. The topological polar surface area (TPSA) is 53.6 Å². The first-order valence-corrected chi connectivity index (χ1v) is 5.87. The van der Waals surface area contributed by atoms with Gasteiger partial charge in [-0.1, -0.05) is 0 Å². The zero-order valence-corrected chi connectivity index (χ0v) is 9.77. The van der Waals surface area contributed by atoms with E-state index in [2.05, 4.69) is 20.9 Å². The van der Waals surface area contributed by atoms with Crippen molar-refractivity contribution in [3.8, 4) is 6.07 Å². The lowest BCUT2D eigenvalue weighted by Crippen LogP contribution is -2.18. The highest BCUT2D eigenvalue weighted by atomic mass is 15.1. The number of hydrogen-bond acceptors (Lipinski definition) is 3. The SMILES string of the molecule is Cn1c(CNC2CC2)nc2cc(C#N)ccc21. The molecule has 1 heterocycles. The van der Waals surface area contributed by atoms with Crippen LogP contribution in [0.5, 0.6) is 0 Å². The summed E-state index contributed by atoms with van der Waals surface area (Å²) < 4.78 is 2.09. The zero-order chi connectivity index (χ0) is 11.8. The first-order valence-electron chi connectivity index (χ1n) is 5.87. The van der Waals surface area contributed by atoms with Crippen LogP contribution in [0.15, 0.2) is 18.2 Å². The lowest BCUT2D eigenvalue weighted by Gasteiger charge is -2.02. The Morgan fingerprint density at radius 2 is 2.35 bits per heavy atom. The van der Waals surface area contributed by atoms with Crippen molar-refractivity contribution in [2.45, 2.75) is 25.4 Å². The average molecular weight is 226 g/mol. The van der Waals surface area contributed by atoms with Crippen LogP contribution >= 0.6 is 0 Å². The molecule has 0 atom stereocenters. The van der Waals surface area contributed by atoms with Crippen LogP contribution in [0.2, 0.25) is 0 Å². The molecule has 1 aromatic carbocycles. The van der Waals surface area contributed by atoms with Gasteiger partial charge in [-0.15, -0.1) is 0 Å². The van der Waals surface area contributed by atoms with E-state index in [4.69, 9.17) is 5.26 Å². The molecule has 0 bridgehead atoms. The van der Waals surface area contributed by atoms with Gasteiger partial charge in [-0.2, -0.15) is 5.26 Å². The number of benzene rings is 1. The summed E-state index contributed by atoms with van der Waals surface area (Å²) in [4.78, 5) is 4.57.